The predicted octanol–water partition coefficient (Wildman–Crippen LogP) is 2.94. The molecule has 3 unspecified atom stereocenters. The van der Waals surface area contributed by atoms with Crippen LogP contribution in [0.4, 0.5) is 0 Å². The zero-order chi connectivity index (χ0) is 30.0. The van der Waals surface area contributed by atoms with Gasteiger partial charge in [0, 0.05) is 31.4 Å². The molecule has 1 heterocycles. The Kier molecular flexibility index (Phi) is 8.83. The van der Waals surface area contributed by atoms with Crippen LogP contribution in [0.15, 0.2) is 12.1 Å². The number of ketones is 2. The molecule has 40 heavy (non-hydrogen) atoms. The van der Waals surface area contributed by atoms with E-state index in [0.717, 1.165) is 18.6 Å². The number of fused-ring (bicyclic) bond motifs is 2. The van der Waals surface area contributed by atoms with Crippen molar-refractivity contribution in [1.82, 2.24) is 0 Å². The van der Waals surface area contributed by atoms with Crippen molar-refractivity contribution in [3.63, 3.8) is 0 Å². The summed E-state index contributed by atoms with van der Waals surface area (Å²) in [6.07, 6.45) is 0.624. The number of hydrogen-bond acceptors (Lipinski definition) is 11. The molecule has 214 valence electrons. The number of carbonyl (C=O) groups is 5. The molecule has 1 aliphatic heterocycles. The molecule has 0 bridgehead atoms. The largest absolute Gasteiger partial charge is 0.507 e. The van der Waals surface area contributed by atoms with Crippen LogP contribution in [-0.2, 0) is 23.8 Å². The van der Waals surface area contributed by atoms with Gasteiger partial charge in [-0.05, 0) is 43.5 Å². The number of carboxylic acids is 1. The lowest BCUT2D eigenvalue weighted by Gasteiger charge is -2.34. The summed E-state index contributed by atoms with van der Waals surface area (Å²) in [5, 5.41) is 39.2. The molecule has 0 aromatic heterocycles. The molecule has 0 spiro atoms. The van der Waals surface area contributed by atoms with E-state index < -0.39 is 46.5 Å². The molecule has 2 aromatic rings. The Balaban J connectivity index is 0.000000241. The van der Waals surface area contributed by atoms with Gasteiger partial charge in [0.2, 0.25) is 0 Å². The minimum absolute atomic E-state index is 0.0659. The number of aryl methyl sites for hydroxylation is 1. The highest BCUT2D eigenvalue weighted by Gasteiger charge is 2.38. The van der Waals surface area contributed by atoms with Gasteiger partial charge in [-0.3, -0.25) is 19.2 Å². The van der Waals surface area contributed by atoms with E-state index >= 15 is 0 Å². The summed E-state index contributed by atoms with van der Waals surface area (Å²) >= 11 is 0. The smallest absolute Gasteiger partial charge is 0.339 e. The van der Waals surface area contributed by atoms with Crippen LogP contribution in [0, 0.1) is 13.8 Å². The lowest BCUT2D eigenvalue weighted by Crippen LogP contribution is -2.45. The topological polar surface area (TPSA) is 194 Å². The van der Waals surface area contributed by atoms with Gasteiger partial charge in [0.25, 0.3) is 0 Å². The van der Waals surface area contributed by atoms with E-state index in [1.807, 2.05) is 6.92 Å². The number of phenolic OH excluding ortho intramolecular Hbond substituents is 2. The van der Waals surface area contributed by atoms with Crippen molar-refractivity contribution < 1.29 is 58.6 Å². The van der Waals surface area contributed by atoms with Crippen LogP contribution in [0.5, 0.6) is 17.2 Å². The van der Waals surface area contributed by atoms with E-state index in [1.165, 1.54) is 27.7 Å². The molecule has 0 radical (unpaired) electrons. The van der Waals surface area contributed by atoms with Gasteiger partial charge >= 0.3 is 17.9 Å². The van der Waals surface area contributed by atoms with Crippen molar-refractivity contribution in [1.29, 1.82) is 0 Å². The lowest BCUT2D eigenvalue weighted by atomic mass is 9.79. The fourth-order valence-electron chi connectivity index (χ4n) is 4.80. The van der Waals surface area contributed by atoms with Crippen molar-refractivity contribution in [2.45, 2.75) is 65.8 Å². The summed E-state index contributed by atoms with van der Waals surface area (Å²) in [6.45, 7) is 7.72. The number of aromatic carboxylic acids is 1. The molecule has 4 rings (SSSR count). The fraction of sp³-hybridized carbons (Fsp3) is 0.393. The van der Waals surface area contributed by atoms with E-state index in [1.54, 1.807) is 0 Å². The first-order chi connectivity index (χ1) is 18.7. The van der Waals surface area contributed by atoms with Crippen molar-refractivity contribution in [2.75, 3.05) is 6.61 Å². The van der Waals surface area contributed by atoms with Crippen LogP contribution in [0.3, 0.4) is 0 Å². The van der Waals surface area contributed by atoms with Crippen molar-refractivity contribution in [3.05, 3.63) is 51.1 Å². The molecule has 1 fully saturated rings. The lowest BCUT2D eigenvalue weighted by molar-refractivity contribution is -0.187. The second kappa shape index (κ2) is 11.7. The molecule has 12 nitrogen and oxygen atoms in total. The monoisotopic (exact) mass is 558 g/mol. The normalized spacial score (nSPS) is 19.5. The van der Waals surface area contributed by atoms with Gasteiger partial charge in [-0.25, -0.2) is 4.79 Å². The summed E-state index contributed by atoms with van der Waals surface area (Å²) in [4.78, 5) is 58.5. The highest BCUT2D eigenvalue weighted by Crippen LogP contribution is 2.42. The van der Waals surface area contributed by atoms with Crippen LogP contribution in [0.2, 0.25) is 0 Å². The minimum atomic E-state index is -1.45. The molecule has 0 amide bonds. The first kappa shape index (κ1) is 30.1. The maximum atomic E-state index is 12.8. The summed E-state index contributed by atoms with van der Waals surface area (Å²) in [5.41, 5.74) is -1.52. The molecule has 0 saturated carbocycles. The Hall–Kier alpha value is -4.45. The summed E-state index contributed by atoms with van der Waals surface area (Å²) in [5.74, 6) is -5.33. The maximum Gasteiger partial charge on any atom is 0.339 e. The number of benzene rings is 2. The van der Waals surface area contributed by atoms with Crippen LogP contribution in [0.25, 0.3) is 0 Å². The van der Waals surface area contributed by atoms with Gasteiger partial charge < -0.3 is 34.6 Å². The molecule has 1 aliphatic carbocycles. The first-order valence-corrected chi connectivity index (χ1v) is 12.4. The Morgan fingerprint density at radius 2 is 1.50 bits per heavy atom. The number of carbonyl (C=O) groups excluding carboxylic acids is 4. The Labute approximate surface area is 229 Å². The number of hydrogen-bond donors (Lipinski definition) is 4. The standard InChI is InChI=1S/C17H12O7.C11H18O5/c1-5-3-8(18)12-13(14(5)20)16(22)10-6(2)11(17(23)24)9(19)4-7(10)15(12)21;1-4-9-5-10(15-7(2)12)11(6-14-9)16-8(3)13/h3-4,18-20H,1-2H3,(H,23,24);9-11H,4-6H2,1-3H3. The number of aromatic hydroxyl groups is 3. The zero-order valence-corrected chi connectivity index (χ0v) is 22.6. The second-order valence-corrected chi connectivity index (χ2v) is 9.49. The number of esters is 2. The van der Waals surface area contributed by atoms with E-state index in [9.17, 15) is 44.4 Å². The van der Waals surface area contributed by atoms with Crippen LogP contribution in [0.1, 0.15) is 86.9 Å². The maximum absolute atomic E-state index is 12.8. The third-order valence-electron chi connectivity index (χ3n) is 6.66. The molecular formula is C28H30O12. The molecular weight excluding hydrogens is 528 g/mol. The van der Waals surface area contributed by atoms with Gasteiger partial charge in [0.1, 0.15) is 28.9 Å². The molecule has 4 N–H and O–H groups in total. The minimum Gasteiger partial charge on any atom is -0.507 e. The molecule has 2 aliphatic rings. The van der Waals surface area contributed by atoms with Crippen LogP contribution in [-0.4, -0.2) is 74.8 Å². The van der Waals surface area contributed by atoms with Gasteiger partial charge in [0.15, 0.2) is 17.7 Å². The molecule has 2 aromatic carbocycles. The van der Waals surface area contributed by atoms with Gasteiger partial charge in [0.05, 0.1) is 23.8 Å². The van der Waals surface area contributed by atoms with Crippen LogP contribution < -0.4 is 0 Å². The zero-order valence-electron chi connectivity index (χ0n) is 22.6. The van der Waals surface area contributed by atoms with E-state index in [2.05, 4.69) is 0 Å². The quantitative estimate of drug-likeness (QED) is 0.270. The molecule has 12 heteroatoms. The fourth-order valence-corrected chi connectivity index (χ4v) is 4.80. The third kappa shape index (κ3) is 5.76. The van der Waals surface area contributed by atoms with Crippen LogP contribution >= 0.6 is 0 Å². The second-order valence-electron chi connectivity index (χ2n) is 9.49. The molecule has 1 saturated heterocycles. The Bertz CT molecular complexity index is 1410. The van der Waals surface area contributed by atoms with Crippen molar-refractivity contribution in [2.24, 2.45) is 0 Å². The van der Waals surface area contributed by atoms with E-state index in [4.69, 9.17) is 14.2 Å². The Morgan fingerprint density at radius 3 is 2.05 bits per heavy atom. The summed E-state index contributed by atoms with van der Waals surface area (Å²) < 4.78 is 15.7. The highest BCUT2D eigenvalue weighted by molar-refractivity contribution is 6.31. The van der Waals surface area contributed by atoms with E-state index in [0.29, 0.717) is 6.42 Å². The molecule has 3 atom stereocenters. The summed E-state index contributed by atoms with van der Waals surface area (Å²) in [7, 11) is 0. The average molecular weight is 559 g/mol. The number of carboxylic acid groups (broad SMARTS) is 1. The van der Waals surface area contributed by atoms with E-state index in [-0.39, 0.29) is 64.1 Å². The number of rotatable bonds is 4. The highest BCUT2D eigenvalue weighted by atomic mass is 16.6. The Morgan fingerprint density at radius 1 is 0.900 bits per heavy atom. The number of ether oxygens (including phenoxy) is 3. The average Bonchev–Trinajstić information content (AvgIpc) is 2.85. The SMILES string of the molecule is CCC1CC(OC(C)=O)C(OC(C)=O)CO1.Cc1cc(O)c2c(c1O)C(=O)c1c(cc(O)c(C(=O)O)c1C)C2=O. The van der Waals surface area contributed by atoms with Gasteiger partial charge in [-0.1, -0.05) is 6.92 Å². The van der Waals surface area contributed by atoms with Gasteiger partial charge in [-0.2, -0.15) is 0 Å². The predicted molar refractivity (Wildman–Crippen MR) is 137 cm³/mol. The third-order valence-corrected chi connectivity index (χ3v) is 6.66. The van der Waals surface area contributed by atoms with Gasteiger partial charge in [-0.15, -0.1) is 0 Å². The number of phenols is 3. The first-order valence-electron chi connectivity index (χ1n) is 12.4. The summed E-state index contributed by atoms with van der Waals surface area (Å²) in [6, 6.07) is 2.05. The van der Waals surface area contributed by atoms with Crippen molar-refractivity contribution in [3.8, 4) is 17.2 Å². The van der Waals surface area contributed by atoms with Crippen molar-refractivity contribution >= 4 is 29.5 Å².